The SMILES string of the molecule is CCCOc1ccc(Cl)cc1CN1CCCc2c(C(=O)O)cccc21. The Kier molecular flexibility index (Phi) is 5.49. The van der Waals surface area contributed by atoms with Crippen molar-refractivity contribution in [1.29, 1.82) is 0 Å². The first-order valence-corrected chi connectivity index (χ1v) is 8.99. The Morgan fingerprint density at radius 1 is 1.32 bits per heavy atom. The van der Waals surface area contributed by atoms with Gasteiger partial charge in [-0.1, -0.05) is 24.6 Å². The maximum absolute atomic E-state index is 11.5. The molecule has 0 unspecified atom stereocenters. The van der Waals surface area contributed by atoms with E-state index < -0.39 is 5.97 Å². The molecule has 0 saturated heterocycles. The van der Waals surface area contributed by atoms with Gasteiger partial charge in [0, 0.05) is 29.4 Å². The first kappa shape index (κ1) is 17.6. The zero-order valence-corrected chi connectivity index (χ0v) is 15.1. The molecule has 2 aromatic carbocycles. The molecule has 5 heteroatoms. The van der Waals surface area contributed by atoms with E-state index >= 15 is 0 Å². The van der Waals surface area contributed by atoms with E-state index in [1.807, 2.05) is 30.3 Å². The van der Waals surface area contributed by atoms with Crippen LogP contribution < -0.4 is 9.64 Å². The standard InChI is InChI=1S/C20H22ClNO3/c1-2-11-25-19-9-8-15(21)12-14(19)13-22-10-4-6-16-17(20(23)24)5-3-7-18(16)22/h3,5,7-9,12H,2,4,6,10-11,13H2,1H3,(H,23,24). The first-order chi connectivity index (χ1) is 12.1. The molecule has 1 aliphatic heterocycles. The highest BCUT2D eigenvalue weighted by Gasteiger charge is 2.23. The van der Waals surface area contributed by atoms with Gasteiger partial charge in [0.1, 0.15) is 5.75 Å². The van der Waals surface area contributed by atoms with Gasteiger partial charge in [0.25, 0.3) is 0 Å². The molecule has 0 aliphatic carbocycles. The van der Waals surface area contributed by atoms with Crippen molar-refractivity contribution in [2.75, 3.05) is 18.1 Å². The molecule has 1 heterocycles. The number of fused-ring (bicyclic) bond motifs is 1. The number of hydrogen-bond acceptors (Lipinski definition) is 3. The molecule has 132 valence electrons. The molecule has 4 nitrogen and oxygen atoms in total. The summed E-state index contributed by atoms with van der Waals surface area (Å²) in [4.78, 5) is 13.7. The number of aromatic carboxylic acids is 1. The van der Waals surface area contributed by atoms with Crippen LogP contribution in [0.3, 0.4) is 0 Å². The van der Waals surface area contributed by atoms with Crippen molar-refractivity contribution in [3.8, 4) is 5.75 Å². The van der Waals surface area contributed by atoms with Gasteiger partial charge in [-0.15, -0.1) is 0 Å². The van der Waals surface area contributed by atoms with E-state index in [0.29, 0.717) is 23.7 Å². The van der Waals surface area contributed by atoms with E-state index in [0.717, 1.165) is 48.4 Å². The van der Waals surface area contributed by atoms with Gasteiger partial charge in [0.15, 0.2) is 0 Å². The van der Waals surface area contributed by atoms with Crippen molar-refractivity contribution in [3.05, 3.63) is 58.1 Å². The van der Waals surface area contributed by atoms with Gasteiger partial charge in [0.2, 0.25) is 0 Å². The molecular weight excluding hydrogens is 338 g/mol. The summed E-state index contributed by atoms with van der Waals surface area (Å²) >= 11 is 6.18. The number of anilines is 1. The lowest BCUT2D eigenvalue weighted by atomic mass is 9.96. The third-order valence-electron chi connectivity index (χ3n) is 4.42. The molecule has 25 heavy (non-hydrogen) atoms. The molecule has 0 spiro atoms. The predicted molar refractivity (Wildman–Crippen MR) is 100 cm³/mol. The second kappa shape index (κ2) is 7.79. The molecule has 1 aliphatic rings. The van der Waals surface area contributed by atoms with Crippen molar-refractivity contribution >= 4 is 23.3 Å². The molecule has 0 radical (unpaired) electrons. The first-order valence-electron chi connectivity index (χ1n) is 8.61. The minimum atomic E-state index is -0.867. The van der Waals surface area contributed by atoms with Crippen molar-refractivity contribution < 1.29 is 14.6 Å². The maximum Gasteiger partial charge on any atom is 0.336 e. The zero-order valence-electron chi connectivity index (χ0n) is 14.3. The van der Waals surface area contributed by atoms with Crippen LogP contribution in [0.1, 0.15) is 41.3 Å². The summed E-state index contributed by atoms with van der Waals surface area (Å²) in [6.45, 7) is 4.27. The van der Waals surface area contributed by atoms with Crippen LogP contribution in [0.5, 0.6) is 5.75 Å². The van der Waals surface area contributed by atoms with Crippen LogP contribution in [0.2, 0.25) is 5.02 Å². The smallest absolute Gasteiger partial charge is 0.336 e. The summed E-state index contributed by atoms with van der Waals surface area (Å²) in [6, 6.07) is 11.2. The molecule has 1 N–H and O–H groups in total. The summed E-state index contributed by atoms with van der Waals surface area (Å²) in [6.07, 6.45) is 2.67. The highest BCUT2D eigenvalue weighted by molar-refractivity contribution is 6.30. The van der Waals surface area contributed by atoms with E-state index in [4.69, 9.17) is 16.3 Å². The van der Waals surface area contributed by atoms with E-state index in [9.17, 15) is 9.90 Å². The highest BCUT2D eigenvalue weighted by Crippen LogP contribution is 2.33. The fraction of sp³-hybridized carbons (Fsp3) is 0.350. The minimum absolute atomic E-state index is 0.399. The minimum Gasteiger partial charge on any atom is -0.493 e. The summed E-state index contributed by atoms with van der Waals surface area (Å²) in [5, 5.41) is 10.1. The zero-order chi connectivity index (χ0) is 17.8. The lowest BCUT2D eigenvalue weighted by Crippen LogP contribution is -2.30. The Bertz CT molecular complexity index is 776. The van der Waals surface area contributed by atoms with Crippen LogP contribution >= 0.6 is 11.6 Å². The monoisotopic (exact) mass is 359 g/mol. The van der Waals surface area contributed by atoms with Crippen molar-refractivity contribution in [1.82, 2.24) is 0 Å². The summed E-state index contributed by atoms with van der Waals surface area (Å²) in [7, 11) is 0. The summed E-state index contributed by atoms with van der Waals surface area (Å²) < 4.78 is 5.85. The van der Waals surface area contributed by atoms with Gasteiger partial charge in [-0.05, 0) is 55.2 Å². The van der Waals surface area contributed by atoms with Crippen LogP contribution in [0.25, 0.3) is 0 Å². The molecule has 0 saturated carbocycles. The van der Waals surface area contributed by atoms with Gasteiger partial charge < -0.3 is 14.7 Å². The van der Waals surface area contributed by atoms with Crippen LogP contribution in [-0.2, 0) is 13.0 Å². The number of carbonyl (C=O) groups is 1. The number of carboxylic acids is 1. The number of carboxylic acid groups (broad SMARTS) is 1. The Balaban J connectivity index is 1.92. The number of ether oxygens (including phenoxy) is 1. The normalized spacial score (nSPS) is 13.4. The molecule has 2 aromatic rings. The number of benzene rings is 2. The van der Waals surface area contributed by atoms with Gasteiger partial charge in [0.05, 0.1) is 12.2 Å². The summed E-state index contributed by atoms with van der Waals surface area (Å²) in [5.74, 6) is -0.0267. The molecule has 0 atom stereocenters. The second-order valence-corrected chi connectivity index (χ2v) is 6.67. The van der Waals surface area contributed by atoms with Gasteiger partial charge in [-0.2, -0.15) is 0 Å². The fourth-order valence-electron chi connectivity index (χ4n) is 3.30. The van der Waals surface area contributed by atoms with E-state index in [1.165, 1.54) is 0 Å². The van der Waals surface area contributed by atoms with Crippen molar-refractivity contribution in [3.63, 3.8) is 0 Å². The second-order valence-electron chi connectivity index (χ2n) is 6.23. The Hall–Kier alpha value is -2.20. The third-order valence-corrected chi connectivity index (χ3v) is 4.66. The number of nitrogens with zero attached hydrogens (tertiary/aromatic N) is 1. The van der Waals surface area contributed by atoms with Gasteiger partial charge in [-0.25, -0.2) is 4.79 Å². The summed E-state index contributed by atoms with van der Waals surface area (Å²) in [5.41, 5.74) is 3.33. The maximum atomic E-state index is 11.5. The largest absolute Gasteiger partial charge is 0.493 e. The van der Waals surface area contributed by atoms with Gasteiger partial charge in [-0.3, -0.25) is 0 Å². The Morgan fingerprint density at radius 2 is 2.16 bits per heavy atom. The number of hydrogen-bond donors (Lipinski definition) is 1. The fourth-order valence-corrected chi connectivity index (χ4v) is 3.49. The number of halogens is 1. The molecular formula is C20H22ClNO3. The lowest BCUT2D eigenvalue weighted by Gasteiger charge is -2.32. The molecule has 0 fully saturated rings. The molecule has 3 rings (SSSR count). The van der Waals surface area contributed by atoms with E-state index in [2.05, 4.69) is 11.8 Å². The van der Waals surface area contributed by atoms with Crippen LogP contribution in [0, 0.1) is 0 Å². The Morgan fingerprint density at radius 3 is 2.92 bits per heavy atom. The molecule has 0 bridgehead atoms. The Labute approximate surface area is 153 Å². The predicted octanol–water partition coefficient (Wildman–Crippen LogP) is 4.78. The molecule has 0 amide bonds. The topological polar surface area (TPSA) is 49.8 Å². The van der Waals surface area contributed by atoms with E-state index in [1.54, 1.807) is 6.07 Å². The highest BCUT2D eigenvalue weighted by atomic mass is 35.5. The van der Waals surface area contributed by atoms with Crippen LogP contribution in [0.15, 0.2) is 36.4 Å². The van der Waals surface area contributed by atoms with Crippen molar-refractivity contribution in [2.45, 2.75) is 32.7 Å². The number of rotatable bonds is 6. The van der Waals surface area contributed by atoms with Crippen LogP contribution in [0.4, 0.5) is 5.69 Å². The van der Waals surface area contributed by atoms with Crippen LogP contribution in [-0.4, -0.2) is 24.2 Å². The average molecular weight is 360 g/mol. The van der Waals surface area contributed by atoms with Crippen molar-refractivity contribution in [2.24, 2.45) is 0 Å². The third kappa shape index (κ3) is 3.90. The quantitative estimate of drug-likeness (QED) is 0.806. The lowest BCUT2D eigenvalue weighted by molar-refractivity contribution is 0.0695. The molecule has 0 aromatic heterocycles. The van der Waals surface area contributed by atoms with Gasteiger partial charge >= 0.3 is 5.97 Å². The average Bonchev–Trinajstić information content (AvgIpc) is 2.61. The van der Waals surface area contributed by atoms with E-state index in [-0.39, 0.29) is 0 Å².